The van der Waals surface area contributed by atoms with E-state index in [4.69, 9.17) is 28.9 Å². The molecule has 0 unspecified atom stereocenters. The Kier molecular flexibility index (Phi) is 6.14. The third-order valence-corrected chi connectivity index (χ3v) is 3.24. The molecule has 0 aliphatic carbocycles. The van der Waals surface area contributed by atoms with Crippen LogP contribution in [0.3, 0.4) is 0 Å². The van der Waals surface area contributed by atoms with Gasteiger partial charge in [-0.25, -0.2) is 0 Å². The van der Waals surface area contributed by atoms with Crippen LogP contribution in [-0.2, 0) is 6.42 Å². The number of benzene rings is 1. The quantitative estimate of drug-likeness (QED) is 0.853. The number of likely N-dealkylation sites (N-methyl/N-ethyl adjacent to an activating group) is 1. The molecule has 1 aromatic rings. The molecule has 1 rings (SSSR count). The highest BCUT2D eigenvalue weighted by Gasteiger charge is 2.01. The molecule has 2 nitrogen and oxygen atoms in total. The van der Waals surface area contributed by atoms with Crippen LogP contribution in [0.15, 0.2) is 18.2 Å². The normalized spacial score (nSPS) is 11.1. The van der Waals surface area contributed by atoms with E-state index in [0.717, 1.165) is 25.9 Å². The number of rotatable bonds is 6. The summed E-state index contributed by atoms with van der Waals surface area (Å²) in [6.45, 7) is 2.71. The standard InChI is InChI=1S/C12H18Cl2N2/c1-16(8-6-15)7-2-3-10-4-5-11(13)12(14)9-10/h4-5,9H,2-3,6-8,15H2,1H3. The first-order valence-corrected chi connectivity index (χ1v) is 6.21. The fourth-order valence-electron chi connectivity index (χ4n) is 1.58. The van der Waals surface area contributed by atoms with Gasteiger partial charge in [-0.15, -0.1) is 0 Å². The minimum Gasteiger partial charge on any atom is -0.329 e. The molecule has 0 spiro atoms. The van der Waals surface area contributed by atoms with Crippen molar-refractivity contribution in [3.8, 4) is 0 Å². The highest BCUT2D eigenvalue weighted by atomic mass is 35.5. The molecule has 0 aliphatic rings. The van der Waals surface area contributed by atoms with Crippen molar-refractivity contribution < 1.29 is 0 Å². The van der Waals surface area contributed by atoms with Gasteiger partial charge in [0.15, 0.2) is 0 Å². The molecule has 16 heavy (non-hydrogen) atoms. The van der Waals surface area contributed by atoms with Gasteiger partial charge < -0.3 is 10.6 Å². The number of halogens is 2. The van der Waals surface area contributed by atoms with Gasteiger partial charge in [-0.2, -0.15) is 0 Å². The predicted molar refractivity (Wildman–Crippen MR) is 71.3 cm³/mol. The van der Waals surface area contributed by atoms with Gasteiger partial charge in [0.2, 0.25) is 0 Å². The molecule has 0 saturated heterocycles. The minimum absolute atomic E-state index is 0.616. The number of hydrogen-bond donors (Lipinski definition) is 1. The minimum atomic E-state index is 0.616. The van der Waals surface area contributed by atoms with Crippen LogP contribution in [0.5, 0.6) is 0 Å². The summed E-state index contributed by atoms with van der Waals surface area (Å²) in [4.78, 5) is 2.23. The topological polar surface area (TPSA) is 29.3 Å². The second-order valence-electron chi connectivity index (χ2n) is 3.94. The van der Waals surface area contributed by atoms with Gasteiger partial charge in [-0.3, -0.25) is 0 Å². The maximum Gasteiger partial charge on any atom is 0.0595 e. The summed E-state index contributed by atoms with van der Waals surface area (Å²) in [5, 5.41) is 1.25. The van der Waals surface area contributed by atoms with Gasteiger partial charge in [-0.1, -0.05) is 29.3 Å². The zero-order valence-corrected chi connectivity index (χ0v) is 11.1. The smallest absolute Gasteiger partial charge is 0.0595 e. The molecule has 90 valence electrons. The summed E-state index contributed by atoms with van der Waals surface area (Å²) in [5.74, 6) is 0. The average molecular weight is 261 g/mol. The lowest BCUT2D eigenvalue weighted by atomic mass is 10.1. The van der Waals surface area contributed by atoms with Crippen LogP contribution in [-0.4, -0.2) is 31.6 Å². The molecular formula is C12H18Cl2N2. The van der Waals surface area contributed by atoms with Crippen LogP contribution < -0.4 is 5.73 Å². The van der Waals surface area contributed by atoms with Gasteiger partial charge in [0, 0.05) is 13.1 Å². The summed E-state index contributed by atoms with van der Waals surface area (Å²) in [5.41, 5.74) is 6.71. The lowest BCUT2D eigenvalue weighted by Crippen LogP contribution is -2.26. The lowest BCUT2D eigenvalue weighted by Gasteiger charge is -2.14. The van der Waals surface area contributed by atoms with Gasteiger partial charge in [0.1, 0.15) is 0 Å². The summed E-state index contributed by atoms with van der Waals surface area (Å²) in [6.07, 6.45) is 2.13. The Hall–Kier alpha value is -0.280. The number of aryl methyl sites for hydroxylation is 1. The van der Waals surface area contributed by atoms with Gasteiger partial charge in [0.05, 0.1) is 10.0 Å². The first kappa shape index (κ1) is 13.8. The monoisotopic (exact) mass is 260 g/mol. The second-order valence-corrected chi connectivity index (χ2v) is 4.76. The third-order valence-electron chi connectivity index (χ3n) is 2.50. The second kappa shape index (κ2) is 7.13. The molecule has 0 saturated carbocycles. The van der Waals surface area contributed by atoms with E-state index in [1.165, 1.54) is 5.56 Å². The zero-order chi connectivity index (χ0) is 12.0. The van der Waals surface area contributed by atoms with Gasteiger partial charge >= 0.3 is 0 Å². The van der Waals surface area contributed by atoms with Crippen LogP contribution in [0.25, 0.3) is 0 Å². The molecule has 0 heterocycles. The molecular weight excluding hydrogens is 243 g/mol. The molecule has 0 atom stereocenters. The fraction of sp³-hybridized carbons (Fsp3) is 0.500. The maximum absolute atomic E-state index is 5.95. The number of hydrogen-bond acceptors (Lipinski definition) is 2. The molecule has 0 aromatic heterocycles. The Morgan fingerprint density at radius 1 is 1.19 bits per heavy atom. The molecule has 1 aromatic carbocycles. The highest BCUT2D eigenvalue weighted by molar-refractivity contribution is 6.42. The van der Waals surface area contributed by atoms with E-state index >= 15 is 0 Å². The van der Waals surface area contributed by atoms with Crippen molar-refractivity contribution in [1.29, 1.82) is 0 Å². The summed E-state index contributed by atoms with van der Waals surface area (Å²) >= 11 is 11.8. The Morgan fingerprint density at radius 2 is 1.94 bits per heavy atom. The van der Waals surface area contributed by atoms with E-state index in [-0.39, 0.29) is 0 Å². The molecule has 4 heteroatoms. The number of nitrogens with two attached hydrogens (primary N) is 1. The van der Waals surface area contributed by atoms with Crippen molar-refractivity contribution in [2.24, 2.45) is 5.73 Å². The molecule has 0 bridgehead atoms. The molecule has 0 radical (unpaired) electrons. The van der Waals surface area contributed by atoms with Crippen molar-refractivity contribution in [3.05, 3.63) is 33.8 Å². The van der Waals surface area contributed by atoms with Crippen molar-refractivity contribution in [2.75, 3.05) is 26.7 Å². The van der Waals surface area contributed by atoms with Gasteiger partial charge in [-0.05, 0) is 44.1 Å². The van der Waals surface area contributed by atoms with Crippen molar-refractivity contribution in [1.82, 2.24) is 4.90 Å². The average Bonchev–Trinajstić information content (AvgIpc) is 2.24. The first-order chi connectivity index (χ1) is 7.63. The Balaban J connectivity index is 2.34. The van der Waals surface area contributed by atoms with Crippen LogP contribution >= 0.6 is 23.2 Å². The predicted octanol–water partition coefficient (Wildman–Crippen LogP) is 2.82. The first-order valence-electron chi connectivity index (χ1n) is 5.46. The largest absolute Gasteiger partial charge is 0.329 e. The van der Waals surface area contributed by atoms with Crippen LogP contribution in [0.1, 0.15) is 12.0 Å². The van der Waals surface area contributed by atoms with Crippen LogP contribution in [0.4, 0.5) is 0 Å². The van der Waals surface area contributed by atoms with Crippen LogP contribution in [0, 0.1) is 0 Å². The van der Waals surface area contributed by atoms with E-state index in [1.54, 1.807) is 0 Å². The Bertz CT molecular complexity index is 329. The summed E-state index contributed by atoms with van der Waals surface area (Å²) < 4.78 is 0. The van der Waals surface area contributed by atoms with Crippen LogP contribution in [0.2, 0.25) is 10.0 Å². The summed E-state index contributed by atoms with van der Waals surface area (Å²) in [7, 11) is 2.09. The van der Waals surface area contributed by atoms with Gasteiger partial charge in [0.25, 0.3) is 0 Å². The van der Waals surface area contributed by atoms with E-state index in [0.29, 0.717) is 16.6 Å². The SMILES string of the molecule is CN(CCN)CCCc1ccc(Cl)c(Cl)c1. The van der Waals surface area contributed by atoms with Crippen molar-refractivity contribution in [2.45, 2.75) is 12.8 Å². The number of nitrogens with zero attached hydrogens (tertiary/aromatic N) is 1. The highest BCUT2D eigenvalue weighted by Crippen LogP contribution is 2.23. The van der Waals surface area contributed by atoms with Crippen molar-refractivity contribution >= 4 is 23.2 Å². The molecule has 0 aliphatic heterocycles. The Labute approximate surface area is 107 Å². The van der Waals surface area contributed by atoms with E-state index in [9.17, 15) is 0 Å². The van der Waals surface area contributed by atoms with E-state index < -0.39 is 0 Å². The van der Waals surface area contributed by atoms with Crippen molar-refractivity contribution in [3.63, 3.8) is 0 Å². The lowest BCUT2D eigenvalue weighted by molar-refractivity contribution is 0.338. The summed E-state index contributed by atoms with van der Waals surface area (Å²) in [6, 6.07) is 5.81. The molecule has 0 fully saturated rings. The molecule has 0 amide bonds. The van der Waals surface area contributed by atoms with E-state index in [2.05, 4.69) is 11.9 Å². The molecule has 2 N–H and O–H groups in total. The fourth-order valence-corrected chi connectivity index (χ4v) is 1.90. The third kappa shape index (κ3) is 4.71. The zero-order valence-electron chi connectivity index (χ0n) is 9.55. The Morgan fingerprint density at radius 3 is 2.56 bits per heavy atom. The maximum atomic E-state index is 5.95. The van der Waals surface area contributed by atoms with E-state index in [1.807, 2.05) is 18.2 Å².